The second kappa shape index (κ2) is 17.7. The Labute approximate surface area is 303 Å². The number of anilines is 2. The molecule has 9 nitrogen and oxygen atoms in total. The molecule has 2 aliphatic heterocycles. The number of aryl methyl sites for hydroxylation is 1. The van der Waals surface area contributed by atoms with Gasteiger partial charge in [-0.1, -0.05) is 43.7 Å². The standard InChI is InChI=1S/C42H53N5O4/c1-5-7-22-50-31(3)51-40-15-10-34(11-16-40)35-12-17-41-37(25-35)26-36(18-21-46(41)29-33-27-43-47(6-2)30-33)42(48)44-38-13-8-32(9-14-38)28-45(4)39-19-23-49-24-20-39/h8-17,25-27,30-31,39H,5-7,18-24,28-29H2,1-4H3,(H,44,48). The van der Waals surface area contributed by atoms with Crippen LogP contribution in [0.2, 0.25) is 0 Å². The summed E-state index contributed by atoms with van der Waals surface area (Å²) in [4.78, 5) is 18.6. The molecule has 270 valence electrons. The maximum atomic E-state index is 13.8. The second-order valence-corrected chi connectivity index (χ2v) is 13.7. The SMILES string of the molecule is CCCCOC(C)Oc1ccc(-c2ccc3c(c2)C=C(C(=O)Nc2ccc(CN(C)C4CCOCC4)cc2)CCN3Cc2cnn(CC)c2)cc1. The third kappa shape index (κ3) is 9.88. The minimum absolute atomic E-state index is 0.0733. The first-order valence-corrected chi connectivity index (χ1v) is 18.6. The van der Waals surface area contributed by atoms with Crippen LogP contribution in [0.3, 0.4) is 0 Å². The summed E-state index contributed by atoms with van der Waals surface area (Å²) in [5.74, 6) is 0.699. The van der Waals surface area contributed by atoms with Crippen molar-refractivity contribution in [3.63, 3.8) is 0 Å². The lowest BCUT2D eigenvalue weighted by molar-refractivity contribution is -0.112. The van der Waals surface area contributed by atoms with Crippen molar-refractivity contribution < 1.29 is 19.0 Å². The molecular formula is C42H53N5O4. The average Bonchev–Trinajstić information content (AvgIpc) is 3.53. The summed E-state index contributed by atoms with van der Waals surface area (Å²) >= 11 is 0. The van der Waals surface area contributed by atoms with Crippen molar-refractivity contribution in [2.24, 2.45) is 0 Å². The van der Waals surface area contributed by atoms with Gasteiger partial charge in [0.25, 0.3) is 5.91 Å². The zero-order chi connectivity index (χ0) is 35.6. The number of nitrogens with zero attached hydrogens (tertiary/aromatic N) is 4. The number of unbranched alkanes of at least 4 members (excludes halogenated alkanes) is 1. The van der Waals surface area contributed by atoms with Crippen molar-refractivity contribution in [1.82, 2.24) is 14.7 Å². The predicted molar refractivity (Wildman–Crippen MR) is 205 cm³/mol. The Morgan fingerprint density at radius 3 is 2.51 bits per heavy atom. The van der Waals surface area contributed by atoms with E-state index >= 15 is 0 Å². The van der Waals surface area contributed by atoms with Crippen LogP contribution in [0.5, 0.6) is 5.75 Å². The highest BCUT2D eigenvalue weighted by molar-refractivity contribution is 6.07. The first-order valence-electron chi connectivity index (χ1n) is 18.6. The number of ether oxygens (including phenoxy) is 3. The van der Waals surface area contributed by atoms with Crippen LogP contribution in [-0.4, -0.2) is 66.3 Å². The van der Waals surface area contributed by atoms with E-state index in [4.69, 9.17) is 14.2 Å². The van der Waals surface area contributed by atoms with Crippen molar-refractivity contribution >= 4 is 23.4 Å². The molecule has 0 spiro atoms. The van der Waals surface area contributed by atoms with E-state index in [1.165, 1.54) is 5.56 Å². The van der Waals surface area contributed by atoms with Crippen LogP contribution in [0.25, 0.3) is 17.2 Å². The first kappa shape index (κ1) is 36.4. The number of carbonyl (C=O) groups is 1. The molecule has 1 aromatic heterocycles. The molecule has 0 aliphatic carbocycles. The van der Waals surface area contributed by atoms with E-state index in [1.807, 2.05) is 42.1 Å². The largest absolute Gasteiger partial charge is 0.465 e. The monoisotopic (exact) mass is 691 g/mol. The fraction of sp³-hybridized carbons (Fsp3) is 0.429. The van der Waals surface area contributed by atoms with E-state index < -0.39 is 0 Å². The number of aromatic nitrogens is 2. The molecule has 0 radical (unpaired) electrons. The highest BCUT2D eigenvalue weighted by atomic mass is 16.7. The van der Waals surface area contributed by atoms with E-state index in [1.54, 1.807) is 0 Å². The summed E-state index contributed by atoms with van der Waals surface area (Å²) in [5, 5.41) is 7.68. The Bertz CT molecular complexity index is 1740. The van der Waals surface area contributed by atoms with Gasteiger partial charge in [-0.05, 0) is 111 Å². The van der Waals surface area contributed by atoms with Crippen molar-refractivity contribution in [3.8, 4) is 16.9 Å². The molecule has 2 aliphatic rings. The summed E-state index contributed by atoms with van der Waals surface area (Å²) < 4.78 is 19.2. The van der Waals surface area contributed by atoms with Crippen molar-refractivity contribution in [2.75, 3.05) is 43.6 Å². The number of nitrogens with one attached hydrogen (secondary N) is 1. The number of hydrogen-bond acceptors (Lipinski definition) is 7. The molecule has 1 N–H and O–H groups in total. The highest BCUT2D eigenvalue weighted by Crippen LogP contribution is 2.34. The van der Waals surface area contributed by atoms with Gasteiger partial charge in [0.1, 0.15) is 5.75 Å². The average molecular weight is 692 g/mol. The smallest absolute Gasteiger partial charge is 0.251 e. The predicted octanol–water partition coefficient (Wildman–Crippen LogP) is 8.15. The van der Waals surface area contributed by atoms with Gasteiger partial charge in [0, 0.05) is 74.1 Å². The molecule has 51 heavy (non-hydrogen) atoms. The van der Waals surface area contributed by atoms with Gasteiger partial charge in [-0.2, -0.15) is 5.10 Å². The molecule has 1 amide bonds. The van der Waals surface area contributed by atoms with Gasteiger partial charge < -0.3 is 24.4 Å². The summed E-state index contributed by atoms with van der Waals surface area (Å²) in [7, 11) is 2.18. The normalized spacial score (nSPS) is 15.6. The molecule has 0 saturated carbocycles. The van der Waals surface area contributed by atoms with Crippen LogP contribution < -0.4 is 15.0 Å². The van der Waals surface area contributed by atoms with Gasteiger partial charge in [0.15, 0.2) is 6.29 Å². The van der Waals surface area contributed by atoms with Crippen LogP contribution in [0, 0.1) is 0 Å². The molecule has 0 bridgehead atoms. The Morgan fingerprint density at radius 2 is 1.78 bits per heavy atom. The van der Waals surface area contributed by atoms with Crippen LogP contribution in [0.15, 0.2) is 84.7 Å². The van der Waals surface area contributed by atoms with E-state index in [2.05, 4.69) is 95.8 Å². The Kier molecular flexibility index (Phi) is 12.6. The molecule has 1 saturated heterocycles. The third-order valence-electron chi connectivity index (χ3n) is 9.82. The fourth-order valence-electron chi connectivity index (χ4n) is 6.79. The van der Waals surface area contributed by atoms with Gasteiger partial charge in [-0.3, -0.25) is 14.4 Å². The maximum absolute atomic E-state index is 13.8. The van der Waals surface area contributed by atoms with Gasteiger partial charge >= 0.3 is 0 Å². The van der Waals surface area contributed by atoms with Crippen molar-refractivity contribution in [3.05, 3.63) is 101 Å². The van der Waals surface area contributed by atoms with E-state index in [9.17, 15) is 4.79 Å². The number of carbonyl (C=O) groups excluding carboxylic acids is 1. The van der Waals surface area contributed by atoms with E-state index in [0.717, 1.165) is 96.9 Å². The number of fused-ring (bicyclic) bond motifs is 1. The molecule has 3 heterocycles. The van der Waals surface area contributed by atoms with Gasteiger partial charge in [0.2, 0.25) is 0 Å². The number of amides is 1. The van der Waals surface area contributed by atoms with Crippen LogP contribution >= 0.6 is 0 Å². The number of benzene rings is 3. The lowest BCUT2D eigenvalue weighted by Gasteiger charge is -2.31. The number of rotatable bonds is 15. The third-order valence-corrected chi connectivity index (χ3v) is 9.82. The van der Waals surface area contributed by atoms with Crippen molar-refractivity contribution in [2.45, 2.75) is 84.8 Å². The summed E-state index contributed by atoms with van der Waals surface area (Å²) in [6, 6.07) is 23.4. The fourth-order valence-corrected chi connectivity index (χ4v) is 6.79. The molecule has 1 atom stereocenters. The summed E-state index contributed by atoms with van der Waals surface area (Å²) in [6.45, 7) is 11.7. The molecule has 1 unspecified atom stereocenters. The molecule has 6 rings (SSSR count). The second-order valence-electron chi connectivity index (χ2n) is 13.7. The molecule has 3 aromatic carbocycles. The van der Waals surface area contributed by atoms with E-state index in [0.29, 0.717) is 32.2 Å². The van der Waals surface area contributed by atoms with Gasteiger partial charge in [-0.25, -0.2) is 0 Å². The molecule has 9 heteroatoms. The van der Waals surface area contributed by atoms with Gasteiger partial charge in [-0.15, -0.1) is 0 Å². The minimum atomic E-state index is -0.304. The van der Waals surface area contributed by atoms with Crippen molar-refractivity contribution in [1.29, 1.82) is 0 Å². The minimum Gasteiger partial charge on any atom is -0.465 e. The zero-order valence-corrected chi connectivity index (χ0v) is 30.6. The van der Waals surface area contributed by atoms with Crippen LogP contribution in [-0.2, 0) is 33.9 Å². The number of hydrogen-bond donors (Lipinski definition) is 1. The Balaban J connectivity index is 1.18. The summed E-state index contributed by atoms with van der Waals surface area (Å²) in [5.41, 5.74) is 8.19. The Hall–Kier alpha value is -4.44. The topological polar surface area (TPSA) is 81.1 Å². The van der Waals surface area contributed by atoms with Gasteiger partial charge in [0.05, 0.1) is 12.8 Å². The quantitative estimate of drug-likeness (QED) is 0.0996. The molecule has 1 fully saturated rings. The molecular weight excluding hydrogens is 638 g/mol. The Morgan fingerprint density at radius 1 is 1.02 bits per heavy atom. The van der Waals surface area contributed by atoms with E-state index in [-0.39, 0.29) is 12.2 Å². The maximum Gasteiger partial charge on any atom is 0.251 e. The molecule has 4 aromatic rings. The summed E-state index contributed by atoms with van der Waals surface area (Å²) in [6.07, 6.45) is 10.7. The van der Waals surface area contributed by atoms with Crippen LogP contribution in [0.4, 0.5) is 11.4 Å². The first-order chi connectivity index (χ1) is 24.9. The lowest BCUT2D eigenvalue weighted by atomic mass is 10.00. The highest BCUT2D eigenvalue weighted by Gasteiger charge is 2.22. The zero-order valence-electron chi connectivity index (χ0n) is 30.6. The lowest BCUT2D eigenvalue weighted by Crippen LogP contribution is -2.36. The van der Waals surface area contributed by atoms with Crippen LogP contribution in [0.1, 0.15) is 69.6 Å².